The molecule has 3 rings (SSSR count). The molecule has 1 atom stereocenters. The highest BCUT2D eigenvalue weighted by atomic mass is 35.5. The number of aromatic nitrogens is 2. The van der Waals surface area contributed by atoms with Crippen LogP contribution in [0.4, 0.5) is 17.6 Å². The van der Waals surface area contributed by atoms with E-state index in [-0.39, 0.29) is 29.5 Å². The summed E-state index contributed by atoms with van der Waals surface area (Å²) >= 11 is 6.03. The van der Waals surface area contributed by atoms with Gasteiger partial charge in [0, 0.05) is 29.6 Å². The monoisotopic (exact) mass is 403 g/mol. The van der Waals surface area contributed by atoms with Crippen molar-refractivity contribution >= 4 is 17.5 Å². The van der Waals surface area contributed by atoms with Gasteiger partial charge in [-0.05, 0) is 18.6 Å². The first-order chi connectivity index (χ1) is 12.7. The molecular formula is C17H14ClF4N3O2. The molecule has 0 fully saturated rings. The number of hydrogen-bond acceptors (Lipinski definition) is 4. The Balaban J connectivity index is 1.69. The number of pyridine rings is 2. The van der Waals surface area contributed by atoms with E-state index in [0.717, 1.165) is 0 Å². The van der Waals surface area contributed by atoms with Crippen LogP contribution >= 0.6 is 11.6 Å². The smallest absolute Gasteiger partial charge is 0.340 e. The largest absolute Gasteiger partial charge is 0.471 e. The molecule has 10 heteroatoms. The van der Waals surface area contributed by atoms with Gasteiger partial charge in [-0.2, -0.15) is 8.78 Å². The van der Waals surface area contributed by atoms with E-state index in [2.05, 4.69) is 14.7 Å². The van der Waals surface area contributed by atoms with Crippen LogP contribution in [0.3, 0.4) is 0 Å². The molecule has 0 aromatic carbocycles. The van der Waals surface area contributed by atoms with Crippen LogP contribution in [0.1, 0.15) is 34.5 Å². The maximum Gasteiger partial charge on any atom is 0.340 e. The average Bonchev–Trinajstić information content (AvgIpc) is 2.98. The second kappa shape index (κ2) is 7.30. The Bertz CT molecular complexity index is 849. The highest BCUT2D eigenvalue weighted by Gasteiger charge is 2.42. The molecule has 0 saturated carbocycles. The molecule has 2 aromatic rings. The number of ether oxygens (including phenoxy) is 1. The molecule has 0 aliphatic carbocycles. The SMILES string of the molecule is CC(c1ccc(OCC(F)(F)C(F)F)nc1)N1Cc2c(ccnc2Cl)C1=O. The number of carbonyl (C=O) groups excluding carboxylic acids is 1. The molecule has 5 nitrogen and oxygen atoms in total. The van der Waals surface area contributed by atoms with Crippen LogP contribution in [0.2, 0.25) is 5.15 Å². The standard InChI is InChI=1S/C17H14ClF4N3O2/c1-9(25-7-12-11(15(25)26)4-5-23-14(12)18)10-2-3-13(24-6-10)27-8-17(21,22)16(19)20/h2-6,9,16H,7-8H2,1H3. The summed E-state index contributed by atoms with van der Waals surface area (Å²) in [7, 11) is 0. The van der Waals surface area contributed by atoms with Gasteiger partial charge in [0.1, 0.15) is 5.15 Å². The third kappa shape index (κ3) is 3.83. The minimum absolute atomic E-state index is 0.210. The molecule has 27 heavy (non-hydrogen) atoms. The summed E-state index contributed by atoms with van der Waals surface area (Å²) in [4.78, 5) is 21.9. The lowest BCUT2D eigenvalue weighted by Crippen LogP contribution is -2.33. The molecule has 1 aliphatic rings. The highest BCUT2D eigenvalue weighted by Crippen LogP contribution is 2.33. The molecule has 1 aliphatic heterocycles. The van der Waals surface area contributed by atoms with Crippen LogP contribution < -0.4 is 4.74 Å². The number of amides is 1. The van der Waals surface area contributed by atoms with Gasteiger partial charge in [0.15, 0.2) is 6.61 Å². The van der Waals surface area contributed by atoms with Gasteiger partial charge in [0.05, 0.1) is 12.6 Å². The van der Waals surface area contributed by atoms with Gasteiger partial charge in [-0.25, -0.2) is 18.7 Å². The maximum absolute atomic E-state index is 12.9. The first-order valence-corrected chi connectivity index (χ1v) is 8.27. The summed E-state index contributed by atoms with van der Waals surface area (Å²) in [5.74, 6) is -4.68. The molecular weight excluding hydrogens is 390 g/mol. The van der Waals surface area contributed by atoms with Gasteiger partial charge in [-0.3, -0.25) is 4.79 Å². The van der Waals surface area contributed by atoms with Crippen molar-refractivity contribution in [3.8, 4) is 5.88 Å². The number of hydrogen-bond donors (Lipinski definition) is 0. The summed E-state index contributed by atoms with van der Waals surface area (Å²) < 4.78 is 54.7. The molecule has 3 heterocycles. The zero-order chi connectivity index (χ0) is 19.8. The predicted molar refractivity (Wildman–Crippen MR) is 88.2 cm³/mol. The van der Waals surface area contributed by atoms with E-state index in [1.54, 1.807) is 17.9 Å². The number of nitrogens with zero attached hydrogens (tertiary/aromatic N) is 3. The van der Waals surface area contributed by atoms with Crippen LogP contribution in [-0.4, -0.2) is 39.7 Å². The van der Waals surface area contributed by atoms with E-state index in [1.165, 1.54) is 24.5 Å². The Hall–Kier alpha value is -2.42. The average molecular weight is 404 g/mol. The van der Waals surface area contributed by atoms with Crippen molar-refractivity contribution in [1.29, 1.82) is 0 Å². The molecule has 0 spiro atoms. The van der Waals surface area contributed by atoms with E-state index >= 15 is 0 Å². The van der Waals surface area contributed by atoms with E-state index < -0.39 is 19.0 Å². The second-order valence-corrected chi connectivity index (χ2v) is 6.38. The van der Waals surface area contributed by atoms with Crippen LogP contribution in [0.5, 0.6) is 5.88 Å². The van der Waals surface area contributed by atoms with Gasteiger partial charge in [0.25, 0.3) is 5.91 Å². The fourth-order valence-electron chi connectivity index (χ4n) is 2.66. The highest BCUT2D eigenvalue weighted by molar-refractivity contribution is 6.30. The minimum Gasteiger partial charge on any atom is -0.471 e. The topological polar surface area (TPSA) is 55.3 Å². The van der Waals surface area contributed by atoms with Gasteiger partial charge in [0.2, 0.25) is 5.88 Å². The van der Waals surface area contributed by atoms with E-state index in [0.29, 0.717) is 16.7 Å². The Labute approximate surface area is 156 Å². The molecule has 2 aromatic heterocycles. The summed E-state index contributed by atoms with van der Waals surface area (Å²) in [6, 6.07) is 4.03. The van der Waals surface area contributed by atoms with E-state index in [9.17, 15) is 22.4 Å². The van der Waals surface area contributed by atoms with Crippen molar-refractivity contribution < 1.29 is 27.1 Å². The van der Waals surface area contributed by atoms with Crippen molar-refractivity contribution in [2.24, 2.45) is 0 Å². The molecule has 0 N–H and O–H groups in total. The molecule has 144 valence electrons. The Morgan fingerprint density at radius 1 is 1.30 bits per heavy atom. The zero-order valence-corrected chi connectivity index (χ0v) is 14.8. The summed E-state index contributed by atoms with van der Waals surface area (Å²) in [6.45, 7) is 0.576. The van der Waals surface area contributed by atoms with Gasteiger partial charge < -0.3 is 9.64 Å². The fraction of sp³-hybridized carbons (Fsp3) is 0.353. The number of rotatable bonds is 6. The Kier molecular flexibility index (Phi) is 5.23. The van der Waals surface area contributed by atoms with Crippen molar-refractivity contribution in [2.75, 3.05) is 6.61 Å². The molecule has 1 amide bonds. The molecule has 0 saturated heterocycles. The normalized spacial score (nSPS) is 15.2. The molecule has 0 radical (unpaired) electrons. The second-order valence-electron chi connectivity index (χ2n) is 6.02. The van der Waals surface area contributed by atoms with Crippen LogP contribution in [0, 0.1) is 0 Å². The van der Waals surface area contributed by atoms with Crippen LogP contribution in [0.15, 0.2) is 30.6 Å². The lowest BCUT2D eigenvalue weighted by molar-refractivity contribution is -0.148. The first kappa shape index (κ1) is 19.3. The molecule has 1 unspecified atom stereocenters. The predicted octanol–water partition coefficient (Wildman–Crippen LogP) is 4.13. The van der Waals surface area contributed by atoms with Gasteiger partial charge >= 0.3 is 12.3 Å². The summed E-state index contributed by atoms with van der Waals surface area (Å²) in [5, 5.41) is 0.261. The van der Waals surface area contributed by atoms with Crippen LogP contribution in [-0.2, 0) is 6.54 Å². The number of halogens is 5. The summed E-state index contributed by atoms with van der Waals surface area (Å²) in [6.07, 6.45) is -1.02. The van der Waals surface area contributed by atoms with Crippen LogP contribution in [0.25, 0.3) is 0 Å². The van der Waals surface area contributed by atoms with Crippen molar-refractivity contribution in [1.82, 2.24) is 14.9 Å². The van der Waals surface area contributed by atoms with Crippen molar-refractivity contribution in [3.63, 3.8) is 0 Å². The molecule has 0 bridgehead atoms. The zero-order valence-electron chi connectivity index (χ0n) is 14.0. The first-order valence-electron chi connectivity index (χ1n) is 7.90. The minimum atomic E-state index is -4.26. The number of alkyl halides is 4. The van der Waals surface area contributed by atoms with E-state index in [4.69, 9.17) is 11.6 Å². The number of fused-ring (bicyclic) bond motifs is 1. The Morgan fingerprint density at radius 2 is 2.04 bits per heavy atom. The number of carbonyl (C=O) groups is 1. The fourth-order valence-corrected chi connectivity index (χ4v) is 2.88. The van der Waals surface area contributed by atoms with Gasteiger partial charge in [-0.1, -0.05) is 17.7 Å². The van der Waals surface area contributed by atoms with Gasteiger partial charge in [-0.15, -0.1) is 0 Å². The Morgan fingerprint density at radius 3 is 2.63 bits per heavy atom. The lowest BCUT2D eigenvalue weighted by Gasteiger charge is -2.24. The lowest BCUT2D eigenvalue weighted by atomic mass is 10.1. The summed E-state index contributed by atoms with van der Waals surface area (Å²) in [5.41, 5.74) is 1.73. The van der Waals surface area contributed by atoms with E-state index in [1.807, 2.05) is 0 Å². The van der Waals surface area contributed by atoms with Crippen molar-refractivity contribution in [3.05, 3.63) is 52.4 Å². The maximum atomic E-state index is 12.9. The van der Waals surface area contributed by atoms with Crippen molar-refractivity contribution in [2.45, 2.75) is 31.9 Å². The third-order valence-corrected chi connectivity index (χ3v) is 4.59. The third-order valence-electron chi connectivity index (χ3n) is 4.26. The quantitative estimate of drug-likeness (QED) is 0.537.